The molecule has 1 rings (SSSR count). The number of nitrogens with two attached hydrogens (primary N) is 1. The summed E-state index contributed by atoms with van der Waals surface area (Å²) in [6.45, 7) is 0.0338. The zero-order chi connectivity index (χ0) is 15.5. The highest BCUT2D eigenvalue weighted by Gasteiger charge is 2.04. The Morgan fingerprint density at radius 3 is 2.67 bits per heavy atom. The van der Waals surface area contributed by atoms with Crippen LogP contribution in [-0.4, -0.2) is 32.1 Å². The van der Waals surface area contributed by atoms with E-state index in [9.17, 15) is 13.6 Å². The number of rotatable bonds is 7. The predicted octanol–water partition coefficient (Wildman–Crippen LogP) is 1.28. The van der Waals surface area contributed by atoms with E-state index in [1.54, 1.807) is 0 Å². The Balaban J connectivity index is 2.26. The van der Waals surface area contributed by atoms with Crippen LogP contribution in [0.25, 0.3) is 0 Å². The van der Waals surface area contributed by atoms with Gasteiger partial charge in [-0.05, 0) is 17.7 Å². The minimum atomic E-state index is -2.51. The van der Waals surface area contributed by atoms with E-state index < -0.39 is 13.0 Å². The molecule has 0 aliphatic carbocycles. The highest BCUT2D eigenvalue weighted by atomic mass is 19.3. The molecule has 0 bridgehead atoms. The molecule has 0 aliphatic heterocycles. The second-order valence-corrected chi connectivity index (χ2v) is 4.20. The summed E-state index contributed by atoms with van der Waals surface area (Å²) in [7, 11) is 0. The van der Waals surface area contributed by atoms with Gasteiger partial charge in [0.25, 0.3) is 6.43 Å². The molecular weight excluding hydrogens is 278 g/mol. The summed E-state index contributed by atoms with van der Waals surface area (Å²) < 4.78 is 28.2. The van der Waals surface area contributed by atoms with Gasteiger partial charge in [0.05, 0.1) is 13.2 Å². The molecule has 0 atom stereocenters. The Kier molecular flexibility index (Phi) is 8.02. The molecule has 0 heterocycles. The van der Waals surface area contributed by atoms with E-state index in [1.165, 1.54) is 0 Å². The molecule has 0 radical (unpaired) electrons. The largest absolute Gasteiger partial charge is 0.375 e. The molecule has 6 heteroatoms. The van der Waals surface area contributed by atoms with Crippen molar-refractivity contribution in [3.05, 3.63) is 35.4 Å². The van der Waals surface area contributed by atoms with Crippen LogP contribution in [0.2, 0.25) is 0 Å². The Morgan fingerprint density at radius 1 is 1.33 bits per heavy atom. The lowest BCUT2D eigenvalue weighted by atomic mass is 10.1. The van der Waals surface area contributed by atoms with E-state index in [0.717, 1.165) is 11.1 Å². The highest BCUT2D eigenvalue weighted by Crippen LogP contribution is 2.03. The number of nitrogens with one attached hydrogen (secondary N) is 1. The first kappa shape index (κ1) is 17.1. The average molecular weight is 296 g/mol. The molecule has 0 aromatic heterocycles. The van der Waals surface area contributed by atoms with Crippen molar-refractivity contribution in [2.45, 2.75) is 19.4 Å². The zero-order valence-electron chi connectivity index (χ0n) is 11.6. The van der Waals surface area contributed by atoms with Gasteiger partial charge in [-0.3, -0.25) is 4.79 Å². The van der Waals surface area contributed by atoms with Gasteiger partial charge in [-0.2, -0.15) is 0 Å². The first-order valence-electron chi connectivity index (χ1n) is 6.52. The molecule has 0 aliphatic rings. The summed E-state index contributed by atoms with van der Waals surface area (Å²) >= 11 is 0. The molecule has 1 amide bonds. The van der Waals surface area contributed by atoms with Crippen LogP contribution in [0.3, 0.4) is 0 Å². The molecule has 0 saturated carbocycles. The third-order valence-corrected chi connectivity index (χ3v) is 2.50. The van der Waals surface area contributed by atoms with Crippen LogP contribution in [0.15, 0.2) is 24.3 Å². The lowest BCUT2D eigenvalue weighted by Crippen LogP contribution is -2.24. The minimum absolute atomic E-state index is 0.0101. The van der Waals surface area contributed by atoms with Gasteiger partial charge >= 0.3 is 0 Å². The maximum atomic E-state index is 11.8. The number of alkyl halides is 2. The topological polar surface area (TPSA) is 64.3 Å². The minimum Gasteiger partial charge on any atom is -0.375 e. The Bertz CT molecular complexity index is 493. The number of carbonyl (C=O) groups is 1. The van der Waals surface area contributed by atoms with Gasteiger partial charge < -0.3 is 15.8 Å². The van der Waals surface area contributed by atoms with Crippen molar-refractivity contribution in [1.82, 2.24) is 5.32 Å². The monoisotopic (exact) mass is 296 g/mol. The van der Waals surface area contributed by atoms with Crippen LogP contribution in [0, 0.1) is 11.8 Å². The molecule has 1 aromatic rings. The molecule has 0 saturated heterocycles. The number of hydrogen-bond donors (Lipinski definition) is 2. The molecule has 3 N–H and O–H groups in total. The van der Waals surface area contributed by atoms with Crippen LogP contribution in [0.4, 0.5) is 8.78 Å². The Labute approximate surface area is 122 Å². The van der Waals surface area contributed by atoms with Crippen LogP contribution in [0.1, 0.15) is 17.5 Å². The van der Waals surface area contributed by atoms with Crippen LogP contribution < -0.4 is 11.1 Å². The van der Waals surface area contributed by atoms with Gasteiger partial charge in [-0.1, -0.05) is 24.0 Å². The van der Waals surface area contributed by atoms with Crippen molar-refractivity contribution in [3.63, 3.8) is 0 Å². The molecule has 0 fully saturated rings. The fraction of sp³-hybridized carbons (Fsp3) is 0.400. The molecule has 1 aromatic carbocycles. The quantitative estimate of drug-likeness (QED) is 0.588. The summed E-state index contributed by atoms with van der Waals surface area (Å²) in [5.74, 6) is 5.41. The summed E-state index contributed by atoms with van der Waals surface area (Å²) in [5.41, 5.74) is 7.06. The van der Waals surface area contributed by atoms with Crippen LogP contribution >= 0.6 is 0 Å². The van der Waals surface area contributed by atoms with E-state index in [2.05, 4.69) is 21.9 Å². The van der Waals surface area contributed by atoms with Crippen molar-refractivity contribution in [1.29, 1.82) is 0 Å². The third-order valence-electron chi connectivity index (χ3n) is 2.50. The summed E-state index contributed by atoms with van der Waals surface area (Å²) in [4.78, 5) is 11.5. The standard InChI is InChI=1S/C15H18F2N2O2/c16-14(17)11-21-9-7-15(20)19-10-13-5-3-12(4-6-13)2-1-8-18/h3-6,14H,7-11,18H2,(H,19,20). The van der Waals surface area contributed by atoms with Gasteiger partial charge in [-0.15, -0.1) is 0 Å². The van der Waals surface area contributed by atoms with Crippen molar-refractivity contribution in [2.24, 2.45) is 5.73 Å². The van der Waals surface area contributed by atoms with Crippen LogP contribution in [-0.2, 0) is 16.1 Å². The predicted molar refractivity (Wildman–Crippen MR) is 75.7 cm³/mol. The first-order chi connectivity index (χ1) is 10.1. The molecule has 114 valence electrons. The van der Waals surface area contributed by atoms with Crippen LogP contribution in [0.5, 0.6) is 0 Å². The smallest absolute Gasteiger partial charge is 0.261 e. The fourth-order valence-electron chi connectivity index (χ4n) is 1.49. The highest BCUT2D eigenvalue weighted by molar-refractivity contribution is 5.75. The normalized spacial score (nSPS) is 10.1. The fourth-order valence-corrected chi connectivity index (χ4v) is 1.49. The first-order valence-corrected chi connectivity index (χ1v) is 6.52. The molecule has 0 spiro atoms. The zero-order valence-corrected chi connectivity index (χ0v) is 11.6. The molecule has 0 unspecified atom stereocenters. The van der Waals surface area contributed by atoms with Crippen molar-refractivity contribution in [3.8, 4) is 11.8 Å². The summed E-state index contributed by atoms with van der Waals surface area (Å²) in [5, 5.41) is 2.69. The number of halogens is 2. The van der Waals surface area contributed by atoms with Crippen molar-refractivity contribution >= 4 is 5.91 Å². The SMILES string of the molecule is NCC#Cc1ccc(CNC(=O)CCOCC(F)F)cc1. The van der Waals surface area contributed by atoms with Gasteiger partial charge in [0.2, 0.25) is 5.91 Å². The van der Waals surface area contributed by atoms with Gasteiger partial charge in [0, 0.05) is 18.5 Å². The lowest BCUT2D eigenvalue weighted by molar-refractivity contribution is -0.122. The van der Waals surface area contributed by atoms with Crippen molar-refractivity contribution in [2.75, 3.05) is 19.8 Å². The van der Waals surface area contributed by atoms with Gasteiger partial charge in [0.1, 0.15) is 6.61 Å². The number of hydrogen-bond acceptors (Lipinski definition) is 3. The molecule has 21 heavy (non-hydrogen) atoms. The van der Waals surface area contributed by atoms with E-state index in [-0.39, 0.29) is 18.9 Å². The number of carbonyl (C=O) groups excluding carboxylic acids is 1. The molecular formula is C15H18F2N2O2. The van der Waals surface area contributed by atoms with E-state index >= 15 is 0 Å². The van der Waals surface area contributed by atoms with E-state index in [1.807, 2.05) is 24.3 Å². The van der Waals surface area contributed by atoms with E-state index in [4.69, 9.17) is 5.73 Å². The number of ether oxygens (including phenoxy) is 1. The lowest BCUT2D eigenvalue weighted by Gasteiger charge is -2.06. The maximum absolute atomic E-state index is 11.8. The van der Waals surface area contributed by atoms with Crippen molar-refractivity contribution < 1.29 is 18.3 Å². The maximum Gasteiger partial charge on any atom is 0.261 e. The second kappa shape index (κ2) is 9.86. The third kappa shape index (κ3) is 8.02. The molecule has 4 nitrogen and oxygen atoms in total. The summed E-state index contributed by atoms with van der Waals surface area (Å²) in [6, 6.07) is 7.40. The Hall–Kier alpha value is -1.97. The summed E-state index contributed by atoms with van der Waals surface area (Å²) in [6.07, 6.45) is -2.44. The van der Waals surface area contributed by atoms with Gasteiger partial charge in [0.15, 0.2) is 0 Å². The van der Waals surface area contributed by atoms with Gasteiger partial charge in [-0.25, -0.2) is 8.78 Å². The second-order valence-electron chi connectivity index (χ2n) is 4.20. The van der Waals surface area contributed by atoms with E-state index in [0.29, 0.717) is 13.1 Å². The number of amides is 1. The Morgan fingerprint density at radius 2 is 2.05 bits per heavy atom. The number of benzene rings is 1. The average Bonchev–Trinajstić information content (AvgIpc) is 2.48.